The van der Waals surface area contributed by atoms with E-state index in [0.717, 1.165) is 0 Å². The Bertz CT molecular complexity index is 1210. The van der Waals surface area contributed by atoms with Gasteiger partial charge >= 0.3 is 11.7 Å². The summed E-state index contributed by atoms with van der Waals surface area (Å²) >= 11 is 12.4. The van der Waals surface area contributed by atoms with Crippen LogP contribution in [0.15, 0.2) is 51.1 Å². The standard InChI is InChI=1S/C19H15Cl2N3O5/c1-10(18(26)28-2)29-16-13(20)7-11(8-14(16)21)9-22-24-17(25)12-5-3-4-6-15(12)23-19(24)27/h3-10H,1-2H3,(H,23,27)/t10-/m0/s1. The molecule has 0 saturated heterocycles. The van der Waals surface area contributed by atoms with Crippen molar-refractivity contribution in [3.63, 3.8) is 0 Å². The molecule has 0 aliphatic carbocycles. The average Bonchev–Trinajstić information content (AvgIpc) is 2.69. The molecule has 0 bridgehead atoms. The molecule has 0 spiro atoms. The highest BCUT2D eigenvalue weighted by Gasteiger charge is 2.19. The highest BCUT2D eigenvalue weighted by Crippen LogP contribution is 2.34. The molecule has 0 aliphatic heterocycles. The Labute approximate surface area is 174 Å². The van der Waals surface area contributed by atoms with E-state index in [4.69, 9.17) is 27.9 Å². The van der Waals surface area contributed by atoms with Crippen LogP contribution in [0.4, 0.5) is 0 Å². The van der Waals surface area contributed by atoms with E-state index in [9.17, 15) is 14.4 Å². The second-order valence-electron chi connectivity index (χ2n) is 5.93. The first kappa shape index (κ1) is 20.6. The van der Waals surface area contributed by atoms with Crippen molar-refractivity contribution >= 4 is 46.3 Å². The van der Waals surface area contributed by atoms with Gasteiger partial charge in [0.05, 0.1) is 34.3 Å². The number of hydrogen-bond donors (Lipinski definition) is 1. The van der Waals surface area contributed by atoms with Crippen LogP contribution in [0.2, 0.25) is 10.0 Å². The largest absolute Gasteiger partial charge is 0.476 e. The van der Waals surface area contributed by atoms with Gasteiger partial charge in [-0.15, -0.1) is 4.68 Å². The van der Waals surface area contributed by atoms with Crippen LogP contribution in [0, 0.1) is 0 Å². The first-order chi connectivity index (χ1) is 13.8. The Balaban J connectivity index is 1.94. The van der Waals surface area contributed by atoms with Crippen molar-refractivity contribution in [1.82, 2.24) is 9.66 Å². The minimum atomic E-state index is -0.913. The van der Waals surface area contributed by atoms with Gasteiger partial charge in [0.25, 0.3) is 5.56 Å². The first-order valence-corrected chi connectivity index (χ1v) is 9.09. The van der Waals surface area contributed by atoms with Crippen LogP contribution in [-0.2, 0) is 9.53 Å². The number of aromatic nitrogens is 2. The predicted molar refractivity (Wildman–Crippen MR) is 110 cm³/mol. The number of rotatable bonds is 5. The lowest BCUT2D eigenvalue weighted by molar-refractivity contribution is -0.147. The molecule has 0 unspecified atom stereocenters. The summed E-state index contributed by atoms with van der Waals surface area (Å²) in [5.74, 6) is -0.484. The van der Waals surface area contributed by atoms with Crippen molar-refractivity contribution in [2.24, 2.45) is 5.10 Å². The quantitative estimate of drug-likeness (QED) is 0.490. The molecule has 3 aromatic rings. The topological polar surface area (TPSA) is 103 Å². The van der Waals surface area contributed by atoms with Crippen LogP contribution in [-0.4, -0.2) is 35.1 Å². The maximum Gasteiger partial charge on any atom is 0.349 e. The van der Waals surface area contributed by atoms with E-state index in [2.05, 4.69) is 14.8 Å². The summed E-state index contributed by atoms with van der Waals surface area (Å²) in [4.78, 5) is 38.7. The zero-order valence-electron chi connectivity index (χ0n) is 15.3. The van der Waals surface area contributed by atoms with E-state index in [1.807, 2.05) is 0 Å². The van der Waals surface area contributed by atoms with Crippen molar-refractivity contribution in [2.75, 3.05) is 7.11 Å². The molecule has 0 aliphatic rings. The molecule has 10 heteroatoms. The van der Waals surface area contributed by atoms with Gasteiger partial charge in [0.1, 0.15) is 0 Å². The average molecular weight is 436 g/mol. The number of carbonyl (C=O) groups excluding carboxylic acids is 1. The summed E-state index contributed by atoms with van der Waals surface area (Å²) in [6.07, 6.45) is 0.348. The van der Waals surface area contributed by atoms with Gasteiger partial charge in [-0.25, -0.2) is 9.59 Å². The van der Waals surface area contributed by atoms with Gasteiger partial charge in [-0.1, -0.05) is 35.3 Å². The highest BCUT2D eigenvalue weighted by molar-refractivity contribution is 6.37. The molecule has 29 heavy (non-hydrogen) atoms. The summed E-state index contributed by atoms with van der Waals surface area (Å²) in [5, 5.41) is 4.50. The van der Waals surface area contributed by atoms with E-state index in [1.165, 1.54) is 32.4 Å². The Kier molecular flexibility index (Phi) is 6.05. The molecule has 1 atom stereocenters. The molecule has 3 rings (SSSR count). The normalized spacial score (nSPS) is 12.3. The number of fused-ring (bicyclic) bond motifs is 1. The lowest BCUT2D eigenvalue weighted by atomic mass is 10.2. The Morgan fingerprint density at radius 3 is 2.52 bits per heavy atom. The molecule has 0 saturated carbocycles. The van der Waals surface area contributed by atoms with E-state index >= 15 is 0 Å². The monoisotopic (exact) mass is 435 g/mol. The SMILES string of the molecule is COC(=O)[C@H](C)Oc1c(Cl)cc(C=Nn2c(=O)[nH]c3ccccc3c2=O)cc1Cl. The molecule has 150 valence electrons. The number of H-pyrrole nitrogens is 1. The van der Waals surface area contributed by atoms with Crippen molar-refractivity contribution in [3.8, 4) is 5.75 Å². The molecule has 2 aromatic carbocycles. The van der Waals surface area contributed by atoms with Gasteiger partial charge in [0.2, 0.25) is 0 Å². The van der Waals surface area contributed by atoms with Crippen molar-refractivity contribution < 1.29 is 14.3 Å². The Hall–Kier alpha value is -3.10. The van der Waals surface area contributed by atoms with Crippen LogP contribution in [0.1, 0.15) is 12.5 Å². The fraction of sp³-hybridized carbons (Fsp3) is 0.158. The van der Waals surface area contributed by atoms with Crippen molar-refractivity contribution in [2.45, 2.75) is 13.0 Å². The fourth-order valence-corrected chi connectivity index (χ4v) is 3.13. The lowest BCUT2D eigenvalue weighted by Crippen LogP contribution is -2.32. The van der Waals surface area contributed by atoms with Crippen LogP contribution in [0.5, 0.6) is 5.75 Å². The van der Waals surface area contributed by atoms with Crippen LogP contribution >= 0.6 is 23.2 Å². The van der Waals surface area contributed by atoms with Gasteiger partial charge in [-0.2, -0.15) is 5.10 Å². The second-order valence-corrected chi connectivity index (χ2v) is 6.75. The number of benzene rings is 2. The summed E-state index contributed by atoms with van der Waals surface area (Å²) < 4.78 is 10.7. The summed E-state index contributed by atoms with van der Waals surface area (Å²) in [6.45, 7) is 1.49. The highest BCUT2D eigenvalue weighted by atomic mass is 35.5. The minimum Gasteiger partial charge on any atom is -0.476 e. The molecular weight excluding hydrogens is 421 g/mol. The van der Waals surface area contributed by atoms with Crippen molar-refractivity contribution in [1.29, 1.82) is 0 Å². The number of nitrogens with one attached hydrogen (secondary N) is 1. The fourth-order valence-electron chi connectivity index (χ4n) is 2.54. The van der Waals surface area contributed by atoms with Crippen molar-refractivity contribution in [3.05, 3.63) is 72.8 Å². The minimum absolute atomic E-state index is 0.101. The molecule has 0 fully saturated rings. The molecule has 0 amide bonds. The Morgan fingerprint density at radius 2 is 1.86 bits per heavy atom. The molecule has 8 nitrogen and oxygen atoms in total. The summed E-state index contributed by atoms with van der Waals surface area (Å²) in [7, 11) is 1.24. The second kappa shape index (κ2) is 8.50. The molecule has 1 aromatic heterocycles. The van der Waals surface area contributed by atoms with Crippen LogP contribution < -0.4 is 16.0 Å². The number of hydrogen-bond acceptors (Lipinski definition) is 6. The smallest absolute Gasteiger partial charge is 0.349 e. The van der Waals surface area contributed by atoms with Gasteiger partial charge < -0.3 is 14.5 Å². The number of ether oxygens (including phenoxy) is 2. The van der Waals surface area contributed by atoms with Gasteiger partial charge in [0.15, 0.2) is 11.9 Å². The van der Waals surface area contributed by atoms with E-state index in [-0.39, 0.29) is 15.8 Å². The molecule has 1 heterocycles. The van der Waals surface area contributed by atoms with E-state index < -0.39 is 23.3 Å². The van der Waals surface area contributed by atoms with Gasteiger partial charge in [0, 0.05) is 0 Å². The van der Waals surface area contributed by atoms with E-state index in [0.29, 0.717) is 21.1 Å². The molecule has 1 N–H and O–H groups in total. The van der Waals surface area contributed by atoms with Crippen LogP contribution in [0.3, 0.4) is 0 Å². The lowest BCUT2D eigenvalue weighted by Gasteiger charge is -2.15. The number of esters is 1. The predicted octanol–water partition coefficient (Wildman–Crippen LogP) is 2.82. The van der Waals surface area contributed by atoms with Gasteiger partial charge in [-0.05, 0) is 36.8 Å². The Morgan fingerprint density at radius 1 is 1.21 bits per heavy atom. The number of para-hydroxylation sites is 1. The number of halogens is 2. The third-order valence-electron chi connectivity index (χ3n) is 3.95. The third kappa shape index (κ3) is 4.33. The first-order valence-electron chi connectivity index (χ1n) is 8.33. The zero-order valence-corrected chi connectivity index (χ0v) is 16.8. The molecular formula is C19H15Cl2N3O5. The maximum atomic E-state index is 12.5. The summed E-state index contributed by atoms with van der Waals surface area (Å²) in [5.41, 5.74) is -0.419. The van der Waals surface area contributed by atoms with E-state index in [1.54, 1.807) is 24.3 Å². The zero-order chi connectivity index (χ0) is 21.1. The van der Waals surface area contributed by atoms with Gasteiger partial charge in [-0.3, -0.25) is 4.79 Å². The maximum absolute atomic E-state index is 12.5. The number of aromatic amines is 1. The van der Waals surface area contributed by atoms with Crippen LogP contribution in [0.25, 0.3) is 10.9 Å². The summed E-state index contributed by atoms with van der Waals surface area (Å²) in [6, 6.07) is 9.54. The number of carbonyl (C=O) groups is 1. The molecule has 0 radical (unpaired) electrons. The third-order valence-corrected chi connectivity index (χ3v) is 4.52. The number of methoxy groups -OCH3 is 1. The number of nitrogens with zero attached hydrogens (tertiary/aromatic N) is 2.